The van der Waals surface area contributed by atoms with E-state index in [9.17, 15) is 9.90 Å². The number of benzene rings is 2. The monoisotopic (exact) mass is 347 g/mol. The third-order valence-electron chi connectivity index (χ3n) is 4.38. The van der Waals surface area contributed by atoms with Crippen LogP contribution in [-0.2, 0) is 6.54 Å². The molecule has 0 aliphatic heterocycles. The minimum atomic E-state index is -0.358. The second-order valence-electron chi connectivity index (χ2n) is 6.08. The van der Waals surface area contributed by atoms with Crippen molar-refractivity contribution in [3.8, 4) is 28.6 Å². The first-order valence-electron chi connectivity index (χ1n) is 8.35. The van der Waals surface area contributed by atoms with Crippen molar-refractivity contribution >= 4 is 10.9 Å². The van der Waals surface area contributed by atoms with Crippen molar-refractivity contribution in [3.63, 3.8) is 0 Å². The van der Waals surface area contributed by atoms with E-state index in [-0.39, 0.29) is 22.8 Å². The van der Waals surface area contributed by atoms with E-state index >= 15 is 0 Å². The summed E-state index contributed by atoms with van der Waals surface area (Å²) in [6.45, 7) is 4.31. The Hall–Kier alpha value is -3.41. The van der Waals surface area contributed by atoms with E-state index in [1.54, 1.807) is 16.7 Å². The molecule has 6 nitrogen and oxygen atoms in total. The Kier molecular flexibility index (Phi) is 3.80. The van der Waals surface area contributed by atoms with Crippen LogP contribution in [0.3, 0.4) is 0 Å². The molecule has 130 valence electrons. The summed E-state index contributed by atoms with van der Waals surface area (Å²) in [7, 11) is 0. The lowest BCUT2D eigenvalue weighted by Crippen LogP contribution is -2.21. The molecule has 0 amide bonds. The molecular formula is C20H17N3O3. The number of aromatic nitrogens is 3. The molecule has 0 fully saturated rings. The summed E-state index contributed by atoms with van der Waals surface area (Å²) in [5.41, 5.74) is 2.19. The van der Waals surface area contributed by atoms with Crippen molar-refractivity contribution in [2.24, 2.45) is 0 Å². The fourth-order valence-electron chi connectivity index (χ4n) is 3.12. The van der Waals surface area contributed by atoms with E-state index in [0.29, 0.717) is 23.3 Å². The third kappa shape index (κ3) is 2.47. The molecule has 0 saturated carbocycles. The Labute approximate surface area is 149 Å². The summed E-state index contributed by atoms with van der Waals surface area (Å²) in [5.74, 6) is 0.241. The van der Waals surface area contributed by atoms with Crippen molar-refractivity contribution in [3.05, 3.63) is 64.4 Å². The summed E-state index contributed by atoms with van der Waals surface area (Å²) in [6, 6.07) is 14.9. The first-order valence-corrected chi connectivity index (χ1v) is 8.35. The summed E-state index contributed by atoms with van der Waals surface area (Å²) in [5, 5.41) is 15.2. The predicted molar refractivity (Wildman–Crippen MR) is 99.0 cm³/mol. The van der Waals surface area contributed by atoms with Crippen molar-refractivity contribution in [1.82, 2.24) is 14.7 Å². The maximum atomic E-state index is 12.9. The van der Waals surface area contributed by atoms with Crippen LogP contribution in [0.5, 0.6) is 5.75 Å². The van der Waals surface area contributed by atoms with Crippen LogP contribution in [0.2, 0.25) is 0 Å². The van der Waals surface area contributed by atoms with Gasteiger partial charge in [0.15, 0.2) is 0 Å². The highest BCUT2D eigenvalue weighted by Crippen LogP contribution is 2.33. The van der Waals surface area contributed by atoms with Gasteiger partial charge in [0.2, 0.25) is 5.82 Å². The summed E-state index contributed by atoms with van der Waals surface area (Å²) in [6.07, 6.45) is 0. The average Bonchev–Trinajstić information content (AvgIpc) is 3.12. The van der Waals surface area contributed by atoms with Crippen LogP contribution in [0, 0.1) is 6.92 Å². The highest BCUT2D eigenvalue weighted by Gasteiger charge is 2.22. The van der Waals surface area contributed by atoms with Gasteiger partial charge in [-0.25, -0.2) is 0 Å². The molecule has 0 aliphatic carbocycles. The second-order valence-corrected chi connectivity index (χ2v) is 6.08. The van der Waals surface area contributed by atoms with Gasteiger partial charge in [0.05, 0.1) is 5.52 Å². The predicted octanol–water partition coefficient (Wildman–Crippen LogP) is 3.75. The molecule has 0 spiro atoms. The van der Waals surface area contributed by atoms with E-state index in [1.807, 2.05) is 50.2 Å². The number of para-hydroxylation sites is 1. The topological polar surface area (TPSA) is 81.2 Å². The molecule has 2 aromatic heterocycles. The SMILES string of the molecule is CCn1c(=O)c(-c2nc(-c3cccc(C)c3)no2)c(O)c2ccccc21. The van der Waals surface area contributed by atoms with Crippen LogP contribution in [0.1, 0.15) is 12.5 Å². The van der Waals surface area contributed by atoms with Gasteiger partial charge < -0.3 is 14.2 Å². The number of aryl methyl sites for hydroxylation is 2. The minimum absolute atomic E-state index is 0.0111. The number of hydrogen-bond acceptors (Lipinski definition) is 5. The van der Waals surface area contributed by atoms with Gasteiger partial charge in [-0.05, 0) is 32.0 Å². The van der Waals surface area contributed by atoms with Gasteiger partial charge in [0, 0.05) is 17.5 Å². The minimum Gasteiger partial charge on any atom is -0.506 e. The van der Waals surface area contributed by atoms with Gasteiger partial charge >= 0.3 is 0 Å². The first kappa shape index (κ1) is 16.1. The Morgan fingerprint density at radius 1 is 1.15 bits per heavy atom. The maximum absolute atomic E-state index is 12.9. The molecule has 26 heavy (non-hydrogen) atoms. The summed E-state index contributed by atoms with van der Waals surface area (Å²) >= 11 is 0. The molecule has 2 aromatic carbocycles. The van der Waals surface area contributed by atoms with E-state index in [1.165, 1.54) is 0 Å². The molecule has 0 aliphatic rings. The first-order chi connectivity index (χ1) is 12.6. The lowest BCUT2D eigenvalue weighted by molar-refractivity contribution is 0.425. The Balaban J connectivity index is 1.94. The Bertz CT molecular complexity index is 1170. The van der Waals surface area contributed by atoms with Gasteiger partial charge in [-0.3, -0.25) is 4.79 Å². The van der Waals surface area contributed by atoms with Gasteiger partial charge in [-0.1, -0.05) is 41.1 Å². The normalized spacial score (nSPS) is 11.2. The molecule has 0 unspecified atom stereocenters. The number of rotatable bonds is 3. The third-order valence-corrected chi connectivity index (χ3v) is 4.38. The van der Waals surface area contributed by atoms with Crippen LogP contribution in [0.4, 0.5) is 0 Å². The molecule has 4 aromatic rings. The van der Waals surface area contributed by atoms with Crippen LogP contribution >= 0.6 is 0 Å². The molecule has 4 rings (SSSR count). The van der Waals surface area contributed by atoms with Crippen LogP contribution in [-0.4, -0.2) is 19.8 Å². The number of fused-ring (bicyclic) bond motifs is 1. The van der Waals surface area contributed by atoms with E-state index in [2.05, 4.69) is 10.1 Å². The maximum Gasteiger partial charge on any atom is 0.267 e. The molecule has 0 radical (unpaired) electrons. The zero-order valence-electron chi connectivity index (χ0n) is 14.4. The molecular weight excluding hydrogens is 330 g/mol. The second kappa shape index (κ2) is 6.15. The van der Waals surface area contributed by atoms with Crippen molar-refractivity contribution in [2.45, 2.75) is 20.4 Å². The summed E-state index contributed by atoms with van der Waals surface area (Å²) < 4.78 is 6.90. The molecule has 6 heteroatoms. The van der Waals surface area contributed by atoms with Crippen LogP contribution in [0.15, 0.2) is 57.8 Å². The fourth-order valence-corrected chi connectivity index (χ4v) is 3.12. The standard InChI is InChI=1S/C20H17N3O3/c1-3-23-15-10-5-4-9-14(15)17(24)16(20(23)25)19-21-18(22-26-19)13-8-6-7-12(2)11-13/h4-11,24H,3H2,1-2H3. The molecule has 0 bridgehead atoms. The van der Waals surface area contributed by atoms with E-state index in [4.69, 9.17) is 4.52 Å². The van der Waals surface area contributed by atoms with E-state index in [0.717, 1.165) is 11.1 Å². The Morgan fingerprint density at radius 2 is 1.96 bits per heavy atom. The van der Waals surface area contributed by atoms with Crippen molar-refractivity contribution in [1.29, 1.82) is 0 Å². The number of aromatic hydroxyl groups is 1. The Morgan fingerprint density at radius 3 is 2.73 bits per heavy atom. The zero-order valence-corrected chi connectivity index (χ0v) is 14.4. The number of hydrogen-bond donors (Lipinski definition) is 1. The lowest BCUT2D eigenvalue weighted by Gasteiger charge is -2.11. The van der Waals surface area contributed by atoms with Crippen molar-refractivity contribution in [2.75, 3.05) is 0 Å². The zero-order chi connectivity index (χ0) is 18.3. The molecule has 0 atom stereocenters. The smallest absolute Gasteiger partial charge is 0.267 e. The van der Waals surface area contributed by atoms with Gasteiger partial charge in [-0.15, -0.1) is 0 Å². The van der Waals surface area contributed by atoms with Crippen LogP contribution < -0.4 is 5.56 Å². The number of pyridine rings is 1. The largest absolute Gasteiger partial charge is 0.506 e. The molecule has 2 heterocycles. The molecule has 0 saturated heterocycles. The average molecular weight is 347 g/mol. The van der Waals surface area contributed by atoms with E-state index < -0.39 is 0 Å². The highest BCUT2D eigenvalue weighted by atomic mass is 16.5. The number of nitrogens with zero attached hydrogens (tertiary/aromatic N) is 3. The summed E-state index contributed by atoms with van der Waals surface area (Å²) in [4.78, 5) is 17.3. The van der Waals surface area contributed by atoms with Crippen LogP contribution in [0.25, 0.3) is 33.7 Å². The molecule has 1 N–H and O–H groups in total. The van der Waals surface area contributed by atoms with Gasteiger partial charge in [-0.2, -0.15) is 4.98 Å². The fraction of sp³-hybridized carbons (Fsp3) is 0.150. The quantitative estimate of drug-likeness (QED) is 0.610. The highest BCUT2D eigenvalue weighted by molar-refractivity contribution is 5.91. The lowest BCUT2D eigenvalue weighted by atomic mass is 10.1. The van der Waals surface area contributed by atoms with Gasteiger partial charge in [0.25, 0.3) is 11.4 Å². The van der Waals surface area contributed by atoms with Gasteiger partial charge in [0.1, 0.15) is 11.3 Å². The van der Waals surface area contributed by atoms with Crippen molar-refractivity contribution < 1.29 is 9.63 Å².